The number of hydrogen-bond acceptors (Lipinski definition) is 30. The van der Waals surface area contributed by atoms with Gasteiger partial charge in [0.2, 0.25) is 0 Å². The first-order valence-electron chi connectivity index (χ1n) is 64.4. The zero-order chi connectivity index (χ0) is 99.3. The van der Waals surface area contributed by atoms with E-state index in [0.717, 1.165) is 514 Å². The molecular formula is C100H180O30Si20. The molecule has 10 heterocycles. The average Bonchev–Trinajstić information content (AvgIpc) is 1.43. The van der Waals surface area contributed by atoms with E-state index in [1.165, 1.54) is 0 Å². The first-order valence-corrected chi connectivity index (χ1v) is 100. The Morgan fingerprint density at radius 2 is 0.0933 bits per heavy atom. The molecule has 10 saturated heterocycles. The van der Waals surface area contributed by atoms with Crippen molar-refractivity contribution in [3.63, 3.8) is 0 Å². The average molecular weight is 2420 g/mol. The summed E-state index contributed by atoms with van der Waals surface area (Å²) in [5, 5.41) is 0. The highest BCUT2D eigenvalue weighted by Gasteiger charge is 2.95. The molecule has 20 aliphatic carbocycles. The zero-order valence-corrected chi connectivity index (χ0v) is 110. The molecule has 10 aliphatic heterocycles. The second-order valence-corrected chi connectivity index (χ2v) is 120. The first kappa shape index (κ1) is 106. The number of fused-ring (bicyclic) bond motifs is 20. The fourth-order valence-corrected chi connectivity index (χ4v) is 180. The van der Waals surface area contributed by atoms with Crippen LogP contribution in [-0.4, -0.2) is 176 Å². The van der Waals surface area contributed by atoms with Gasteiger partial charge in [0, 0.05) is 111 Å². The molecule has 0 amide bonds. The van der Waals surface area contributed by atoms with Crippen LogP contribution in [0.4, 0.5) is 0 Å². The molecule has 0 aromatic rings. The molecule has 0 spiro atoms. The minimum atomic E-state index is -4.18. The van der Waals surface area contributed by atoms with Crippen LogP contribution >= 0.6 is 0 Å². The molecule has 840 valence electrons. The lowest BCUT2D eigenvalue weighted by Gasteiger charge is -2.67. The Morgan fingerprint density at radius 3 is 0.127 bits per heavy atom. The van der Waals surface area contributed by atoms with E-state index >= 15 is 0 Å². The van der Waals surface area contributed by atoms with Crippen molar-refractivity contribution < 1.29 is 123 Å². The van der Waals surface area contributed by atoms with Crippen molar-refractivity contribution in [3.05, 3.63) is 0 Å². The van der Waals surface area contributed by atoms with E-state index in [0.29, 0.717) is 0 Å². The lowest BCUT2D eigenvalue weighted by atomic mass is 10.4. The predicted octanol–water partition coefficient (Wildman–Crippen LogP) is 28.3. The highest BCUT2D eigenvalue weighted by Crippen LogP contribution is 2.75. The standard InChI is InChI=1S/2C50H90O15Si10/c2*1-2-22-41(21-1)66-51-67(42-23-3-4-24-42)58-70(45-29-9-10-30-45)52-68(56-66,43-25-5-6-26-43)60-72(47-33-13-14-34-47)54-74(62-70,49-37-17-18-38-49)65-75(50-39-19-20-40-50)55-73(64-72,48-35-15-16-36-48)61-69(57-66,44-27-7-8-28-44)53-71(59-67,63-75)46-31-11-12-32-46/h2*41-50H,1-40H2. The Bertz CT molecular complexity index is 3490. The summed E-state index contributed by atoms with van der Waals surface area (Å²) in [5.74, 6) is 0. The van der Waals surface area contributed by atoms with Gasteiger partial charge in [-0.3, -0.25) is 0 Å². The summed E-state index contributed by atoms with van der Waals surface area (Å²) < 4.78 is 267. The van der Waals surface area contributed by atoms with E-state index < -0.39 is 176 Å². The van der Waals surface area contributed by atoms with Crippen LogP contribution in [0.2, 0.25) is 111 Å². The van der Waals surface area contributed by atoms with Gasteiger partial charge in [-0.15, -0.1) is 0 Å². The highest BCUT2D eigenvalue weighted by molar-refractivity contribution is 7.08. The molecule has 30 nitrogen and oxygen atoms in total. The van der Waals surface area contributed by atoms with Gasteiger partial charge in [0.15, 0.2) is 0 Å². The van der Waals surface area contributed by atoms with Crippen molar-refractivity contribution in [2.45, 2.75) is 624 Å². The molecule has 20 saturated carbocycles. The van der Waals surface area contributed by atoms with E-state index in [4.69, 9.17) is 123 Å². The van der Waals surface area contributed by atoms with E-state index in [1.54, 1.807) is 0 Å². The van der Waals surface area contributed by atoms with Crippen molar-refractivity contribution in [1.29, 1.82) is 0 Å². The lowest BCUT2D eigenvalue weighted by molar-refractivity contribution is -0.0522. The third-order valence-electron chi connectivity index (χ3n) is 45.6. The highest BCUT2D eigenvalue weighted by atomic mass is 28.7. The molecule has 0 unspecified atom stereocenters. The molecule has 0 radical (unpaired) electrons. The van der Waals surface area contributed by atoms with Gasteiger partial charge in [-0.25, -0.2) is 0 Å². The molecule has 0 atom stereocenters. The molecule has 0 aromatic carbocycles. The normalized spacial score (nSPS) is 50.4. The van der Waals surface area contributed by atoms with Crippen molar-refractivity contribution in [2.24, 2.45) is 0 Å². The summed E-state index contributed by atoms with van der Waals surface area (Å²) in [7, 11) is -83.5. The van der Waals surface area contributed by atoms with Crippen LogP contribution in [0.1, 0.15) is 514 Å². The van der Waals surface area contributed by atoms with E-state index in [9.17, 15) is 0 Å². The quantitative estimate of drug-likeness (QED) is 0.102. The van der Waals surface area contributed by atoms with Gasteiger partial charge < -0.3 is 123 Å². The zero-order valence-electron chi connectivity index (χ0n) is 90.4. The maximum absolute atomic E-state index is 8.96. The maximum atomic E-state index is 8.96. The second kappa shape index (κ2) is 40.4. The summed E-state index contributed by atoms with van der Waals surface area (Å²) in [4.78, 5) is 0. The van der Waals surface area contributed by atoms with Gasteiger partial charge in [0.25, 0.3) is 0 Å². The number of hydrogen-bond donors (Lipinski definition) is 0. The minimum Gasteiger partial charge on any atom is -0.373 e. The summed E-state index contributed by atoms with van der Waals surface area (Å²) in [6.45, 7) is 0. The Hall–Kier alpha value is 3.14. The summed E-state index contributed by atoms with van der Waals surface area (Å²) >= 11 is 0. The van der Waals surface area contributed by atoms with Crippen LogP contribution in [0, 0.1) is 0 Å². The SMILES string of the molecule is C1CCC([Si]23O[Si]4(C5CCCC5)O[Si]5(C6CCCC6)O[Si](C6CCCC6)(O2)O[Si]2(C6CCCC6)O[Si](C6CCCC6)(O5)O[Si]5(C6CCCC6)O[Si](C6CCCC6)(O[Si](C6CCCC6)(O[Si](C6CCCC6)(O4)O5)O3)O2)C1.C1CCC([Si]23O[Si]4(C5CCCC5)O[Si]5(C6CCCC6)O[Si](C6CCCC6)(O2)O[Si]2(C6CCCC6)O[Si](C6CCCC6)(O5)O[Si]5(C6CCCC6)O[Si](C6CCCC6)(O[Si](C6CCCC6)(O[Si](C6CCCC6)(O4)O5)O3)O2)C1. The number of rotatable bonds is 20. The Morgan fingerprint density at radius 1 is 0.0600 bits per heavy atom. The van der Waals surface area contributed by atoms with Crippen LogP contribution in [0.5, 0.6) is 0 Å². The van der Waals surface area contributed by atoms with Crippen molar-refractivity contribution >= 4 is 176 Å². The van der Waals surface area contributed by atoms with Gasteiger partial charge in [-0.2, -0.15) is 0 Å². The molecule has 150 heavy (non-hydrogen) atoms. The Balaban J connectivity index is 0.000000135. The second-order valence-electron chi connectivity index (χ2n) is 54.8. The summed E-state index contributed by atoms with van der Waals surface area (Å²) in [6.07, 6.45) is 82.2. The lowest BCUT2D eigenvalue weighted by Crippen LogP contribution is -2.91. The van der Waals surface area contributed by atoms with E-state index in [1.807, 2.05) is 0 Å². The minimum absolute atomic E-state index is 0.00429. The van der Waals surface area contributed by atoms with Crippen molar-refractivity contribution in [2.75, 3.05) is 0 Å². The molecule has 20 bridgehead atoms. The van der Waals surface area contributed by atoms with Crippen molar-refractivity contribution in [3.8, 4) is 0 Å². The monoisotopic (exact) mass is 2420 g/mol. The molecule has 30 rings (SSSR count). The molecule has 50 heteroatoms. The Labute approximate surface area is 916 Å². The summed E-state index contributed by atoms with van der Waals surface area (Å²) in [6, 6.07) is 0. The fraction of sp³-hybridized carbons (Fsp3) is 1.00. The molecular weight excluding hydrogens is 2240 g/mol. The predicted molar refractivity (Wildman–Crippen MR) is 592 cm³/mol. The molecule has 0 aromatic heterocycles. The van der Waals surface area contributed by atoms with Crippen LogP contribution in [0.15, 0.2) is 0 Å². The molecule has 30 aliphatic rings. The van der Waals surface area contributed by atoms with Gasteiger partial charge >= 0.3 is 176 Å². The summed E-state index contributed by atoms with van der Waals surface area (Å²) in [5.41, 5.74) is -0.0857. The largest absolute Gasteiger partial charge is 0.482 e. The van der Waals surface area contributed by atoms with E-state index in [-0.39, 0.29) is 111 Å². The maximum Gasteiger partial charge on any atom is 0.482 e. The van der Waals surface area contributed by atoms with Gasteiger partial charge in [-0.1, -0.05) is 257 Å². The van der Waals surface area contributed by atoms with Gasteiger partial charge in [-0.05, 0) is 257 Å². The first-order chi connectivity index (χ1) is 73.3. The van der Waals surface area contributed by atoms with E-state index in [2.05, 4.69) is 0 Å². The molecule has 0 N–H and O–H groups in total. The van der Waals surface area contributed by atoms with Crippen LogP contribution in [0.3, 0.4) is 0 Å². The van der Waals surface area contributed by atoms with Crippen LogP contribution < -0.4 is 0 Å². The van der Waals surface area contributed by atoms with Gasteiger partial charge in [0.1, 0.15) is 0 Å². The topological polar surface area (TPSA) is 277 Å². The van der Waals surface area contributed by atoms with Crippen LogP contribution in [-0.2, 0) is 123 Å². The third kappa shape index (κ3) is 17.3. The third-order valence-corrected chi connectivity index (χ3v) is 145. The molecule has 30 fully saturated rings. The smallest absolute Gasteiger partial charge is 0.373 e. The Kier molecular flexibility index (Phi) is 28.5. The fourth-order valence-electron chi connectivity index (χ4n) is 37.8. The van der Waals surface area contributed by atoms with Crippen LogP contribution in [0.25, 0.3) is 0 Å². The van der Waals surface area contributed by atoms with Gasteiger partial charge in [0.05, 0.1) is 0 Å². The van der Waals surface area contributed by atoms with Crippen molar-refractivity contribution in [1.82, 2.24) is 0 Å².